The molecule has 0 fully saturated rings. The van der Waals surface area contributed by atoms with Gasteiger partial charge in [-0.3, -0.25) is 0 Å². The molecule has 35 heavy (non-hydrogen) atoms. The average Bonchev–Trinajstić information content (AvgIpc) is 2.91. The summed E-state index contributed by atoms with van der Waals surface area (Å²) in [4.78, 5) is 23.1. The second-order valence-corrected chi connectivity index (χ2v) is 22.8. The number of aromatic nitrogens is 2. The summed E-state index contributed by atoms with van der Waals surface area (Å²) in [6.07, 6.45) is 11.0. The summed E-state index contributed by atoms with van der Waals surface area (Å²) >= 11 is -2.81. The number of nitrogens with two attached hydrogens (primary N) is 1. The molecule has 0 saturated carbocycles. The molecule has 0 atom stereocenters. The Bertz CT molecular complexity index is 1080. The third kappa shape index (κ3) is 7.26. The zero-order valence-corrected chi connectivity index (χ0v) is 24.6. The van der Waals surface area contributed by atoms with Gasteiger partial charge in [0, 0.05) is 0 Å². The first-order valence-corrected chi connectivity index (χ1v) is 20.9. The van der Waals surface area contributed by atoms with Crippen LogP contribution in [-0.2, 0) is 13.1 Å². The Balaban J connectivity index is 2.01. The fourth-order valence-corrected chi connectivity index (χ4v) is 20.5. The number of pyridine rings is 2. The van der Waals surface area contributed by atoms with Crippen LogP contribution in [0.1, 0.15) is 80.8 Å². The van der Waals surface area contributed by atoms with Crippen LogP contribution in [-0.4, -0.2) is 34.3 Å². The van der Waals surface area contributed by atoms with Gasteiger partial charge in [0.15, 0.2) is 0 Å². The minimum atomic E-state index is -2.81. The second-order valence-electron chi connectivity index (χ2n) is 9.75. The molecule has 0 radical (unpaired) electrons. The average molecular weight is 581 g/mol. The molecule has 2 aromatic heterocycles. The number of amides is 1. The van der Waals surface area contributed by atoms with Crippen molar-refractivity contribution in [1.29, 1.82) is 0 Å². The molecule has 0 bridgehead atoms. The van der Waals surface area contributed by atoms with Crippen LogP contribution in [0.2, 0.25) is 13.3 Å². The summed E-state index contributed by atoms with van der Waals surface area (Å²) in [5.74, 6) is -0.0373. The molecule has 188 valence electrons. The Hall–Kier alpha value is -1.99. The van der Waals surface area contributed by atoms with Gasteiger partial charge in [-0.2, -0.15) is 0 Å². The van der Waals surface area contributed by atoms with E-state index in [0.717, 1.165) is 27.6 Å². The zero-order chi connectivity index (χ0) is 25.1. The second kappa shape index (κ2) is 13.9. The Morgan fingerprint density at radius 3 is 2.23 bits per heavy atom. The molecular weight excluding hydrogens is 539 g/mol. The van der Waals surface area contributed by atoms with E-state index in [1.165, 1.54) is 55.5 Å². The standard InChI is InChI=1S/C17H15N4O.3C4H9.Sn/c18-9-12-2-1-3-13(8-12)10-21-17(22)15-5-7-20-16-11-19-6-4-14(15)16;3*1-3-4-2;/h1-6,8,11H,9-10,18H2,(H,21,22);3*1,3-4H2,2H3;. The maximum atomic E-state index is 13.5. The summed E-state index contributed by atoms with van der Waals surface area (Å²) in [5.41, 5.74) is 9.52. The van der Waals surface area contributed by atoms with E-state index < -0.39 is 18.4 Å². The van der Waals surface area contributed by atoms with E-state index in [1.807, 2.05) is 30.5 Å². The SMILES string of the molecule is CCC[CH2][Sn]([CH2]CCC)([CH2]CCC)[c]1cc(C(=O)NCc2cccc(CN)c2)c2ccncc2n1. The van der Waals surface area contributed by atoms with Crippen molar-refractivity contribution in [2.45, 2.75) is 85.7 Å². The van der Waals surface area contributed by atoms with E-state index in [9.17, 15) is 4.79 Å². The molecule has 3 rings (SSSR count). The predicted molar refractivity (Wildman–Crippen MR) is 150 cm³/mol. The van der Waals surface area contributed by atoms with Crippen molar-refractivity contribution >= 4 is 38.9 Å². The Morgan fingerprint density at radius 2 is 1.60 bits per heavy atom. The van der Waals surface area contributed by atoms with Crippen molar-refractivity contribution in [2.24, 2.45) is 5.73 Å². The van der Waals surface area contributed by atoms with Crippen molar-refractivity contribution in [2.75, 3.05) is 0 Å². The van der Waals surface area contributed by atoms with Crippen molar-refractivity contribution in [1.82, 2.24) is 15.3 Å². The van der Waals surface area contributed by atoms with E-state index in [-0.39, 0.29) is 5.91 Å². The summed E-state index contributed by atoms with van der Waals surface area (Å²) in [5, 5.41) is 4.05. The fourth-order valence-electron chi connectivity index (χ4n) is 4.99. The van der Waals surface area contributed by atoms with E-state index in [4.69, 9.17) is 10.7 Å². The minimum absolute atomic E-state index is 0.0373. The van der Waals surface area contributed by atoms with Crippen LogP contribution in [0.4, 0.5) is 0 Å². The van der Waals surface area contributed by atoms with Crippen LogP contribution in [0.3, 0.4) is 0 Å². The number of hydrogen-bond donors (Lipinski definition) is 2. The molecule has 3 N–H and O–H groups in total. The van der Waals surface area contributed by atoms with Crippen LogP contribution >= 0.6 is 0 Å². The normalized spacial score (nSPS) is 11.7. The van der Waals surface area contributed by atoms with E-state index >= 15 is 0 Å². The van der Waals surface area contributed by atoms with Crippen LogP contribution in [0.15, 0.2) is 48.8 Å². The quantitative estimate of drug-likeness (QED) is 0.227. The van der Waals surface area contributed by atoms with Gasteiger partial charge in [0.1, 0.15) is 0 Å². The number of carbonyl (C=O) groups excluding carboxylic acids is 1. The summed E-state index contributed by atoms with van der Waals surface area (Å²) < 4.78 is 5.22. The molecule has 0 aliphatic heterocycles. The fraction of sp³-hybridized carbons (Fsp3) is 0.483. The van der Waals surface area contributed by atoms with E-state index in [2.05, 4.69) is 43.2 Å². The molecule has 2 heterocycles. The predicted octanol–water partition coefficient (Wildman–Crippen LogP) is 6.07. The number of hydrogen-bond acceptors (Lipinski definition) is 4. The summed E-state index contributed by atoms with van der Waals surface area (Å²) in [7, 11) is 0. The van der Waals surface area contributed by atoms with E-state index in [1.54, 1.807) is 6.20 Å². The molecule has 3 aromatic rings. The van der Waals surface area contributed by atoms with Crippen molar-refractivity contribution in [3.8, 4) is 0 Å². The summed E-state index contributed by atoms with van der Waals surface area (Å²) in [6, 6.07) is 12.2. The van der Waals surface area contributed by atoms with Gasteiger partial charge in [-0.15, -0.1) is 0 Å². The van der Waals surface area contributed by atoms with Crippen molar-refractivity contribution in [3.05, 3.63) is 65.5 Å². The van der Waals surface area contributed by atoms with Gasteiger partial charge in [0.05, 0.1) is 0 Å². The Labute approximate surface area is 215 Å². The van der Waals surface area contributed by atoms with Crippen molar-refractivity contribution < 1.29 is 4.79 Å². The molecule has 5 nitrogen and oxygen atoms in total. The first kappa shape index (κ1) is 27.6. The number of nitrogens with one attached hydrogen (secondary N) is 1. The van der Waals surface area contributed by atoms with Crippen LogP contribution in [0.5, 0.6) is 0 Å². The Kier molecular flexibility index (Phi) is 11.0. The molecule has 6 heteroatoms. The van der Waals surface area contributed by atoms with Gasteiger partial charge in [-0.05, 0) is 0 Å². The number of rotatable bonds is 14. The first-order chi connectivity index (χ1) is 17.1. The van der Waals surface area contributed by atoms with Gasteiger partial charge in [0.2, 0.25) is 0 Å². The van der Waals surface area contributed by atoms with Crippen molar-refractivity contribution in [3.63, 3.8) is 0 Å². The van der Waals surface area contributed by atoms with Gasteiger partial charge in [-0.25, -0.2) is 0 Å². The number of fused-ring (bicyclic) bond motifs is 1. The molecule has 0 spiro atoms. The maximum absolute atomic E-state index is 13.5. The summed E-state index contributed by atoms with van der Waals surface area (Å²) in [6.45, 7) is 7.83. The number of benzene rings is 1. The number of carbonyl (C=O) groups is 1. The topological polar surface area (TPSA) is 80.9 Å². The third-order valence-corrected chi connectivity index (χ3v) is 22.2. The molecular formula is C29H42N4OSn. The molecule has 0 aliphatic carbocycles. The van der Waals surface area contributed by atoms with Gasteiger partial charge in [-0.1, -0.05) is 0 Å². The van der Waals surface area contributed by atoms with Gasteiger partial charge >= 0.3 is 216 Å². The monoisotopic (exact) mass is 582 g/mol. The zero-order valence-electron chi connectivity index (χ0n) is 21.8. The number of unbranched alkanes of at least 4 members (excludes halogenated alkanes) is 3. The number of nitrogens with zero attached hydrogens (tertiary/aromatic N) is 2. The molecule has 0 aliphatic rings. The van der Waals surface area contributed by atoms with E-state index in [0.29, 0.717) is 13.1 Å². The molecule has 0 unspecified atom stereocenters. The van der Waals surface area contributed by atoms with Gasteiger partial charge in [0.25, 0.3) is 0 Å². The molecule has 0 saturated heterocycles. The first-order valence-electron chi connectivity index (χ1n) is 13.4. The Morgan fingerprint density at radius 1 is 0.943 bits per heavy atom. The van der Waals surface area contributed by atoms with Crippen LogP contribution < -0.4 is 14.8 Å². The van der Waals surface area contributed by atoms with Gasteiger partial charge < -0.3 is 0 Å². The third-order valence-electron chi connectivity index (χ3n) is 7.11. The molecule has 1 aromatic carbocycles. The molecule has 1 amide bonds. The van der Waals surface area contributed by atoms with Crippen LogP contribution in [0.25, 0.3) is 10.9 Å². The van der Waals surface area contributed by atoms with Crippen LogP contribution in [0, 0.1) is 0 Å².